The first-order valence-electron chi connectivity index (χ1n) is 12.2. The van der Waals surface area contributed by atoms with Crippen LogP contribution in [0.15, 0.2) is 109 Å². The number of benzene rings is 4. The number of carbonyl (C=O) groups excluding carboxylic acids is 2. The van der Waals surface area contributed by atoms with Gasteiger partial charge in [-0.15, -0.1) is 0 Å². The molecule has 2 heterocycles. The van der Waals surface area contributed by atoms with E-state index in [9.17, 15) is 9.59 Å². The van der Waals surface area contributed by atoms with Gasteiger partial charge in [0.1, 0.15) is 11.5 Å². The number of ketones is 2. The topological polar surface area (TPSA) is 73.2 Å². The van der Waals surface area contributed by atoms with Crippen molar-refractivity contribution < 1.29 is 14.3 Å². The van der Waals surface area contributed by atoms with Gasteiger partial charge >= 0.3 is 0 Å². The highest BCUT2D eigenvalue weighted by Crippen LogP contribution is 2.42. The molecule has 0 amide bonds. The van der Waals surface area contributed by atoms with Crippen LogP contribution in [0.2, 0.25) is 10.0 Å². The Morgan fingerprint density at radius 1 is 0.718 bits per heavy atom. The Hall–Kier alpha value is -4.23. The maximum absolute atomic E-state index is 14.0. The standard InChI is InChI=1S/C31H21Cl2N3O3/c32-22-15-11-20(12-16-22)27(37)29-25-26(19-7-3-1-4-8-19)35-36(24-9-5-2-6-10-24)30(25)34-31(39-29)28(38)21-13-17-23(33)18-14-21/h1-18,29,31,34H/t29-,31+/m1/s1. The summed E-state index contributed by atoms with van der Waals surface area (Å²) in [5.41, 5.74) is 3.50. The zero-order chi connectivity index (χ0) is 26.9. The van der Waals surface area contributed by atoms with E-state index in [-0.39, 0.29) is 11.6 Å². The summed E-state index contributed by atoms with van der Waals surface area (Å²) in [7, 11) is 0. The molecule has 6 rings (SSSR count). The number of hydrogen-bond acceptors (Lipinski definition) is 5. The van der Waals surface area contributed by atoms with Crippen LogP contribution in [0.5, 0.6) is 0 Å². The number of aromatic nitrogens is 2. The molecule has 0 radical (unpaired) electrons. The van der Waals surface area contributed by atoms with Crippen LogP contribution < -0.4 is 5.32 Å². The van der Waals surface area contributed by atoms with Gasteiger partial charge in [0, 0.05) is 26.7 Å². The minimum atomic E-state index is -1.15. The minimum Gasteiger partial charge on any atom is -0.338 e. The normalized spacial score (nSPS) is 16.3. The smallest absolute Gasteiger partial charge is 0.212 e. The molecule has 0 unspecified atom stereocenters. The highest BCUT2D eigenvalue weighted by atomic mass is 35.5. The van der Waals surface area contributed by atoms with Crippen LogP contribution in [0.4, 0.5) is 5.82 Å². The van der Waals surface area contributed by atoms with Gasteiger partial charge in [-0.1, -0.05) is 71.7 Å². The van der Waals surface area contributed by atoms with Crippen LogP contribution in [0.1, 0.15) is 32.4 Å². The van der Waals surface area contributed by atoms with E-state index in [0.717, 1.165) is 11.3 Å². The van der Waals surface area contributed by atoms with E-state index in [1.807, 2.05) is 60.7 Å². The summed E-state index contributed by atoms with van der Waals surface area (Å²) >= 11 is 12.1. The number of nitrogens with one attached hydrogen (secondary N) is 1. The van der Waals surface area contributed by atoms with E-state index in [1.54, 1.807) is 53.2 Å². The van der Waals surface area contributed by atoms with E-state index in [2.05, 4.69) is 5.32 Å². The second-order valence-corrected chi connectivity index (χ2v) is 9.88. The summed E-state index contributed by atoms with van der Waals surface area (Å²) < 4.78 is 8.00. The number of halogens is 2. The molecule has 0 aliphatic carbocycles. The molecule has 0 bridgehead atoms. The maximum atomic E-state index is 14.0. The van der Waals surface area contributed by atoms with Crippen molar-refractivity contribution in [3.8, 4) is 16.9 Å². The van der Waals surface area contributed by atoms with Crippen molar-refractivity contribution in [2.75, 3.05) is 5.32 Å². The summed E-state index contributed by atoms with van der Waals surface area (Å²) in [6, 6.07) is 32.2. The predicted molar refractivity (Wildman–Crippen MR) is 152 cm³/mol. The van der Waals surface area contributed by atoms with Gasteiger partial charge in [0.05, 0.1) is 11.3 Å². The van der Waals surface area contributed by atoms with Gasteiger partial charge in [0.2, 0.25) is 5.78 Å². The first kappa shape index (κ1) is 25.1. The minimum absolute atomic E-state index is 0.312. The van der Waals surface area contributed by atoms with E-state index in [4.69, 9.17) is 33.0 Å². The summed E-state index contributed by atoms with van der Waals surface area (Å²) in [5, 5.41) is 9.18. The Morgan fingerprint density at radius 2 is 1.26 bits per heavy atom. The van der Waals surface area contributed by atoms with Crippen molar-refractivity contribution in [2.24, 2.45) is 0 Å². The molecule has 4 aromatic carbocycles. The zero-order valence-corrected chi connectivity index (χ0v) is 21.9. The second-order valence-electron chi connectivity index (χ2n) is 9.01. The summed E-state index contributed by atoms with van der Waals surface area (Å²) in [4.78, 5) is 27.6. The van der Waals surface area contributed by atoms with Crippen LogP contribution in [0, 0.1) is 0 Å². The molecule has 192 valence electrons. The molecule has 1 aliphatic rings. The number of rotatable bonds is 6. The van der Waals surface area contributed by atoms with Crippen LogP contribution in [0.3, 0.4) is 0 Å². The van der Waals surface area contributed by atoms with E-state index in [0.29, 0.717) is 38.2 Å². The molecule has 0 saturated heterocycles. The van der Waals surface area contributed by atoms with Gasteiger partial charge in [-0.3, -0.25) is 9.59 Å². The Kier molecular flexibility index (Phi) is 6.75. The average molecular weight is 554 g/mol. The van der Waals surface area contributed by atoms with Crippen LogP contribution in [0.25, 0.3) is 16.9 Å². The lowest BCUT2D eigenvalue weighted by molar-refractivity contribution is 0.00673. The molecule has 39 heavy (non-hydrogen) atoms. The molecular weight excluding hydrogens is 533 g/mol. The molecule has 0 saturated carbocycles. The van der Waals surface area contributed by atoms with Crippen LogP contribution >= 0.6 is 23.2 Å². The van der Waals surface area contributed by atoms with Crippen molar-refractivity contribution in [3.63, 3.8) is 0 Å². The van der Waals surface area contributed by atoms with Gasteiger partial charge in [-0.2, -0.15) is 5.10 Å². The fourth-order valence-corrected chi connectivity index (χ4v) is 4.85. The van der Waals surface area contributed by atoms with Gasteiger partial charge < -0.3 is 10.1 Å². The van der Waals surface area contributed by atoms with E-state index in [1.165, 1.54) is 0 Å². The van der Waals surface area contributed by atoms with Crippen molar-refractivity contribution in [1.29, 1.82) is 0 Å². The third-order valence-corrected chi connectivity index (χ3v) is 7.01. The molecule has 5 aromatic rings. The third-order valence-electron chi connectivity index (χ3n) is 6.51. The maximum Gasteiger partial charge on any atom is 0.212 e. The molecule has 1 N–H and O–H groups in total. The number of fused-ring (bicyclic) bond motifs is 1. The average Bonchev–Trinajstić information content (AvgIpc) is 3.37. The second kappa shape index (κ2) is 10.5. The van der Waals surface area contributed by atoms with Gasteiger partial charge in [0.15, 0.2) is 18.1 Å². The largest absolute Gasteiger partial charge is 0.338 e. The molecule has 2 atom stereocenters. The molecular formula is C31H21Cl2N3O3. The van der Waals surface area contributed by atoms with Gasteiger partial charge in [-0.05, 0) is 60.7 Å². The Labute approximate surface area is 234 Å². The molecule has 6 nitrogen and oxygen atoms in total. The summed E-state index contributed by atoms with van der Waals surface area (Å²) in [6.45, 7) is 0. The van der Waals surface area contributed by atoms with Gasteiger partial charge in [0.25, 0.3) is 0 Å². The number of para-hydroxylation sites is 1. The predicted octanol–water partition coefficient (Wildman–Crippen LogP) is 7.42. The molecule has 1 aromatic heterocycles. The monoisotopic (exact) mass is 553 g/mol. The number of hydrogen-bond donors (Lipinski definition) is 1. The molecule has 0 fully saturated rings. The van der Waals surface area contributed by atoms with Crippen LogP contribution in [-0.4, -0.2) is 27.6 Å². The Balaban J connectivity index is 1.54. The zero-order valence-electron chi connectivity index (χ0n) is 20.4. The van der Waals surface area contributed by atoms with Gasteiger partial charge in [-0.25, -0.2) is 4.68 Å². The van der Waals surface area contributed by atoms with Crippen molar-refractivity contribution in [1.82, 2.24) is 9.78 Å². The molecule has 0 spiro atoms. The number of nitrogens with zero attached hydrogens (tertiary/aromatic N) is 2. The van der Waals surface area contributed by atoms with Crippen molar-refractivity contribution in [3.05, 3.63) is 136 Å². The number of ether oxygens (including phenoxy) is 1. The van der Waals surface area contributed by atoms with Crippen molar-refractivity contribution >= 4 is 40.6 Å². The molecule has 1 aliphatic heterocycles. The summed E-state index contributed by atoms with van der Waals surface area (Å²) in [5.74, 6) is -0.146. The lowest BCUT2D eigenvalue weighted by Crippen LogP contribution is -2.40. The first-order chi connectivity index (χ1) is 19.0. The van der Waals surface area contributed by atoms with E-state index >= 15 is 0 Å². The Bertz CT molecular complexity index is 1650. The first-order valence-corrected chi connectivity index (χ1v) is 13.0. The lowest BCUT2D eigenvalue weighted by Gasteiger charge is -2.31. The Morgan fingerprint density at radius 3 is 1.85 bits per heavy atom. The lowest BCUT2D eigenvalue weighted by atomic mass is 9.95. The van der Waals surface area contributed by atoms with Crippen LogP contribution in [-0.2, 0) is 4.74 Å². The highest BCUT2D eigenvalue weighted by Gasteiger charge is 2.41. The third kappa shape index (κ3) is 4.86. The molecule has 8 heteroatoms. The fourth-order valence-electron chi connectivity index (χ4n) is 4.60. The SMILES string of the molecule is O=C(c1ccc(Cl)cc1)[C@H]1Nc2c(c(-c3ccccc3)nn2-c2ccccc2)[C@H](C(=O)c2ccc(Cl)cc2)O1. The quantitative estimate of drug-likeness (QED) is 0.221. The highest BCUT2D eigenvalue weighted by molar-refractivity contribution is 6.31. The number of carbonyl (C=O) groups is 2. The number of Topliss-reactive ketones (excluding diaryl/α,β-unsaturated/α-hetero) is 2. The van der Waals surface area contributed by atoms with Crippen molar-refractivity contribution in [2.45, 2.75) is 12.3 Å². The number of anilines is 1. The summed E-state index contributed by atoms with van der Waals surface area (Å²) in [6.07, 6.45) is -2.26. The fraction of sp³-hybridized carbons (Fsp3) is 0.0645. The van der Waals surface area contributed by atoms with E-state index < -0.39 is 12.3 Å².